The number of hydrogen-bond acceptors (Lipinski definition) is 4. The first-order valence-electron chi connectivity index (χ1n) is 7.82. The van der Waals surface area contributed by atoms with Gasteiger partial charge in [0.15, 0.2) is 11.5 Å². The van der Waals surface area contributed by atoms with Gasteiger partial charge in [-0.1, -0.05) is 35.9 Å². The number of halogens is 1. The normalized spacial score (nSPS) is 12.2. The molecule has 0 saturated heterocycles. The second-order valence-corrected chi connectivity index (χ2v) is 5.89. The van der Waals surface area contributed by atoms with Crippen molar-refractivity contribution in [2.75, 3.05) is 13.3 Å². The van der Waals surface area contributed by atoms with Crippen LogP contribution in [0.1, 0.15) is 17.5 Å². The van der Waals surface area contributed by atoms with Crippen LogP contribution < -0.4 is 20.1 Å². The van der Waals surface area contributed by atoms with Crippen molar-refractivity contribution in [1.29, 1.82) is 0 Å². The van der Waals surface area contributed by atoms with Crippen LogP contribution in [0.3, 0.4) is 0 Å². The molecule has 2 aromatic carbocycles. The van der Waals surface area contributed by atoms with E-state index in [1.54, 1.807) is 0 Å². The number of nitrogens with one attached hydrogen (secondary N) is 2. The fourth-order valence-electron chi connectivity index (χ4n) is 2.41. The Morgan fingerprint density at radius 1 is 1.08 bits per heavy atom. The molecule has 1 aliphatic heterocycles. The van der Waals surface area contributed by atoms with Crippen LogP contribution in [0.15, 0.2) is 42.5 Å². The molecule has 0 aromatic heterocycles. The SMILES string of the molecule is O=C(CCNCc1ccccc1Cl)NCc1ccc2c(c1)OCO2. The van der Waals surface area contributed by atoms with Gasteiger partial charge in [-0.3, -0.25) is 4.79 Å². The molecule has 0 saturated carbocycles. The third-order valence-corrected chi connectivity index (χ3v) is 4.10. The zero-order valence-electron chi connectivity index (χ0n) is 13.2. The first kappa shape index (κ1) is 16.6. The number of hydrogen-bond donors (Lipinski definition) is 2. The van der Waals surface area contributed by atoms with E-state index < -0.39 is 0 Å². The summed E-state index contributed by atoms with van der Waals surface area (Å²) in [4.78, 5) is 11.9. The lowest BCUT2D eigenvalue weighted by Gasteiger charge is -2.08. The molecule has 0 spiro atoms. The summed E-state index contributed by atoms with van der Waals surface area (Å²) in [6.45, 7) is 1.97. The van der Waals surface area contributed by atoms with E-state index in [-0.39, 0.29) is 12.7 Å². The molecule has 0 fully saturated rings. The maximum Gasteiger partial charge on any atom is 0.231 e. The monoisotopic (exact) mass is 346 g/mol. The maximum atomic E-state index is 11.9. The van der Waals surface area contributed by atoms with Crippen molar-refractivity contribution in [2.45, 2.75) is 19.5 Å². The Balaban J connectivity index is 1.36. The van der Waals surface area contributed by atoms with E-state index in [1.165, 1.54) is 0 Å². The number of amides is 1. The lowest BCUT2D eigenvalue weighted by atomic mass is 10.2. The average Bonchev–Trinajstić information content (AvgIpc) is 3.06. The highest BCUT2D eigenvalue weighted by molar-refractivity contribution is 6.31. The molecule has 2 N–H and O–H groups in total. The average molecular weight is 347 g/mol. The third-order valence-electron chi connectivity index (χ3n) is 3.73. The molecule has 0 atom stereocenters. The van der Waals surface area contributed by atoms with Gasteiger partial charge in [0.25, 0.3) is 0 Å². The summed E-state index contributed by atoms with van der Waals surface area (Å²) < 4.78 is 10.6. The molecule has 6 heteroatoms. The predicted molar refractivity (Wildman–Crippen MR) is 92.2 cm³/mol. The smallest absolute Gasteiger partial charge is 0.231 e. The number of carbonyl (C=O) groups is 1. The fourth-order valence-corrected chi connectivity index (χ4v) is 2.61. The Kier molecular flexibility index (Phi) is 5.56. The molecular formula is C18H19ClN2O3. The molecule has 1 amide bonds. The Hall–Kier alpha value is -2.24. The van der Waals surface area contributed by atoms with E-state index in [9.17, 15) is 4.79 Å². The zero-order valence-corrected chi connectivity index (χ0v) is 13.9. The Labute approximate surface area is 145 Å². The van der Waals surface area contributed by atoms with Crippen molar-refractivity contribution in [3.8, 4) is 11.5 Å². The van der Waals surface area contributed by atoms with Crippen LogP contribution >= 0.6 is 11.6 Å². The van der Waals surface area contributed by atoms with E-state index in [4.69, 9.17) is 21.1 Å². The summed E-state index contributed by atoms with van der Waals surface area (Å²) in [5.41, 5.74) is 2.01. The zero-order chi connectivity index (χ0) is 16.8. The van der Waals surface area contributed by atoms with Gasteiger partial charge in [-0.25, -0.2) is 0 Å². The molecule has 2 aromatic rings. The van der Waals surface area contributed by atoms with Gasteiger partial charge in [-0.15, -0.1) is 0 Å². The van der Waals surface area contributed by atoms with E-state index in [0.717, 1.165) is 27.6 Å². The maximum absolute atomic E-state index is 11.9. The van der Waals surface area contributed by atoms with E-state index in [1.807, 2.05) is 42.5 Å². The Morgan fingerprint density at radius 2 is 1.92 bits per heavy atom. The van der Waals surface area contributed by atoms with Gasteiger partial charge in [0.1, 0.15) is 0 Å². The van der Waals surface area contributed by atoms with Crippen LogP contribution in [0.5, 0.6) is 11.5 Å². The Bertz CT molecular complexity index is 721. The molecule has 126 valence electrons. The second-order valence-electron chi connectivity index (χ2n) is 5.48. The predicted octanol–water partition coefficient (Wildman–Crippen LogP) is 2.86. The molecule has 3 rings (SSSR count). The van der Waals surface area contributed by atoms with Gasteiger partial charge in [-0.2, -0.15) is 0 Å². The van der Waals surface area contributed by atoms with Gasteiger partial charge in [0, 0.05) is 31.1 Å². The van der Waals surface area contributed by atoms with Crippen molar-refractivity contribution in [3.63, 3.8) is 0 Å². The largest absolute Gasteiger partial charge is 0.454 e. The van der Waals surface area contributed by atoms with Crippen LogP contribution in [0.2, 0.25) is 5.02 Å². The van der Waals surface area contributed by atoms with Crippen molar-refractivity contribution in [1.82, 2.24) is 10.6 Å². The van der Waals surface area contributed by atoms with Crippen LogP contribution in [0, 0.1) is 0 Å². The van der Waals surface area contributed by atoms with Crippen molar-refractivity contribution in [2.24, 2.45) is 0 Å². The van der Waals surface area contributed by atoms with Gasteiger partial charge in [0.2, 0.25) is 12.7 Å². The molecular weight excluding hydrogens is 328 g/mol. The summed E-state index contributed by atoms with van der Waals surface area (Å²) in [6.07, 6.45) is 0.412. The molecule has 0 aliphatic carbocycles. The summed E-state index contributed by atoms with van der Waals surface area (Å²) in [5, 5.41) is 6.86. The van der Waals surface area contributed by atoms with Crippen LogP contribution in [0.4, 0.5) is 0 Å². The highest BCUT2D eigenvalue weighted by atomic mass is 35.5. The molecule has 1 heterocycles. The first-order chi connectivity index (χ1) is 11.7. The number of rotatable bonds is 7. The van der Waals surface area contributed by atoms with Crippen molar-refractivity contribution in [3.05, 3.63) is 58.6 Å². The Morgan fingerprint density at radius 3 is 2.79 bits per heavy atom. The molecule has 24 heavy (non-hydrogen) atoms. The quantitative estimate of drug-likeness (QED) is 0.757. The van der Waals surface area contributed by atoms with Gasteiger partial charge in [-0.05, 0) is 29.3 Å². The topological polar surface area (TPSA) is 59.6 Å². The van der Waals surface area contributed by atoms with Crippen LogP contribution in [-0.4, -0.2) is 19.2 Å². The molecule has 0 bridgehead atoms. The van der Waals surface area contributed by atoms with E-state index >= 15 is 0 Å². The van der Waals surface area contributed by atoms with Crippen molar-refractivity contribution >= 4 is 17.5 Å². The van der Waals surface area contributed by atoms with Gasteiger partial charge in [0.05, 0.1) is 0 Å². The number of ether oxygens (including phenoxy) is 2. The second kappa shape index (κ2) is 8.04. The first-order valence-corrected chi connectivity index (χ1v) is 8.19. The summed E-state index contributed by atoms with van der Waals surface area (Å²) in [7, 11) is 0. The minimum Gasteiger partial charge on any atom is -0.454 e. The molecule has 5 nitrogen and oxygen atoms in total. The van der Waals surface area contributed by atoms with Crippen LogP contribution in [0.25, 0.3) is 0 Å². The summed E-state index contributed by atoms with van der Waals surface area (Å²) in [5.74, 6) is 1.47. The highest BCUT2D eigenvalue weighted by Gasteiger charge is 2.13. The summed E-state index contributed by atoms with van der Waals surface area (Å²) in [6, 6.07) is 13.3. The highest BCUT2D eigenvalue weighted by Crippen LogP contribution is 2.32. The molecule has 1 aliphatic rings. The van der Waals surface area contributed by atoms with Gasteiger partial charge >= 0.3 is 0 Å². The molecule has 0 unspecified atom stereocenters. The fraction of sp³-hybridized carbons (Fsp3) is 0.278. The van der Waals surface area contributed by atoms with Crippen molar-refractivity contribution < 1.29 is 14.3 Å². The minimum absolute atomic E-state index is 0.000625. The van der Waals surface area contributed by atoms with Gasteiger partial charge < -0.3 is 20.1 Å². The lowest BCUT2D eigenvalue weighted by molar-refractivity contribution is -0.121. The number of benzene rings is 2. The number of fused-ring (bicyclic) bond motifs is 1. The number of carbonyl (C=O) groups excluding carboxylic acids is 1. The standard InChI is InChI=1S/C18H19ClN2O3/c19-15-4-2-1-3-14(15)11-20-8-7-18(22)21-10-13-5-6-16-17(9-13)24-12-23-16/h1-6,9,20H,7-8,10-12H2,(H,21,22). The minimum atomic E-state index is -0.000625. The van der Waals surface area contributed by atoms with Crippen LogP contribution in [-0.2, 0) is 17.9 Å². The summed E-state index contributed by atoms with van der Waals surface area (Å²) >= 11 is 6.09. The molecule has 0 radical (unpaired) electrons. The lowest BCUT2D eigenvalue weighted by Crippen LogP contribution is -2.27. The van der Waals surface area contributed by atoms with E-state index in [0.29, 0.717) is 26.1 Å². The third kappa shape index (κ3) is 4.40. The van der Waals surface area contributed by atoms with E-state index in [2.05, 4.69) is 10.6 Å².